The lowest BCUT2D eigenvalue weighted by Gasteiger charge is -2.33. The van der Waals surface area contributed by atoms with Crippen LogP contribution in [0.1, 0.15) is 31.1 Å². The smallest absolute Gasteiger partial charge is 0.251 e. The summed E-state index contributed by atoms with van der Waals surface area (Å²) in [7, 11) is 0. The standard InChI is InChI=1S/C15H21Cl2N3O2/c1-9(2)15(3,8-18)20-13(21)7-19-14(22)10-4-5-11(16)12(17)6-10/h4-6,9H,7-8,18H2,1-3H3,(H,19,22)(H,20,21). The Labute approximate surface area is 140 Å². The molecule has 0 aliphatic carbocycles. The molecule has 0 aromatic heterocycles. The van der Waals surface area contributed by atoms with Crippen LogP contribution in [0.4, 0.5) is 0 Å². The van der Waals surface area contributed by atoms with Gasteiger partial charge >= 0.3 is 0 Å². The summed E-state index contributed by atoms with van der Waals surface area (Å²) in [5.41, 5.74) is 5.54. The third-order valence-corrected chi connectivity index (χ3v) is 4.45. The minimum Gasteiger partial charge on any atom is -0.348 e. The lowest BCUT2D eigenvalue weighted by molar-refractivity contribution is -0.122. The van der Waals surface area contributed by atoms with Crippen LogP contribution in [0.25, 0.3) is 0 Å². The van der Waals surface area contributed by atoms with E-state index in [-0.39, 0.29) is 23.4 Å². The summed E-state index contributed by atoms with van der Waals surface area (Å²) >= 11 is 11.6. The molecule has 4 N–H and O–H groups in total. The Bertz CT molecular complexity index is 564. The van der Waals surface area contributed by atoms with Gasteiger partial charge in [0.1, 0.15) is 0 Å². The average molecular weight is 346 g/mol. The Morgan fingerprint density at radius 2 is 1.91 bits per heavy atom. The summed E-state index contributed by atoms with van der Waals surface area (Å²) in [6.45, 7) is 6.00. The van der Waals surface area contributed by atoms with Crippen LogP contribution in [0.15, 0.2) is 18.2 Å². The zero-order valence-electron chi connectivity index (χ0n) is 12.9. The van der Waals surface area contributed by atoms with Crippen molar-refractivity contribution in [1.29, 1.82) is 0 Å². The maximum atomic E-state index is 12.0. The van der Waals surface area contributed by atoms with Gasteiger partial charge in [0.2, 0.25) is 5.91 Å². The van der Waals surface area contributed by atoms with Crippen LogP contribution in [0.5, 0.6) is 0 Å². The molecule has 2 amide bonds. The van der Waals surface area contributed by atoms with Gasteiger partial charge < -0.3 is 16.4 Å². The molecule has 0 bridgehead atoms. The van der Waals surface area contributed by atoms with Crippen molar-refractivity contribution in [3.05, 3.63) is 33.8 Å². The highest BCUT2D eigenvalue weighted by atomic mass is 35.5. The average Bonchev–Trinajstić information content (AvgIpc) is 2.47. The molecule has 1 rings (SSSR count). The normalized spacial score (nSPS) is 13.6. The molecule has 5 nitrogen and oxygen atoms in total. The first-order valence-electron chi connectivity index (χ1n) is 6.94. The molecule has 122 valence electrons. The van der Waals surface area contributed by atoms with E-state index in [0.29, 0.717) is 17.1 Å². The van der Waals surface area contributed by atoms with Crippen LogP contribution in [-0.2, 0) is 4.79 Å². The SMILES string of the molecule is CC(C)C(C)(CN)NC(=O)CNC(=O)c1ccc(Cl)c(Cl)c1. The van der Waals surface area contributed by atoms with Gasteiger partial charge in [-0.15, -0.1) is 0 Å². The van der Waals surface area contributed by atoms with Crippen LogP contribution in [0.3, 0.4) is 0 Å². The second kappa shape index (κ2) is 7.81. The molecule has 1 aromatic rings. The highest BCUT2D eigenvalue weighted by Crippen LogP contribution is 2.22. The zero-order valence-corrected chi connectivity index (χ0v) is 14.4. The highest BCUT2D eigenvalue weighted by Gasteiger charge is 2.28. The van der Waals surface area contributed by atoms with Crippen molar-refractivity contribution in [2.75, 3.05) is 13.1 Å². The Morgan fingerprint density at radius 1 is 1.27 bits per heavy atom. The number of carbonyl (C=O) groups excluding carboxylic acids is 2. The van der Waals surface area contributed by atoms with E-state index in [1.54, 1.807) is 6.07 Å². The molecule has 1 atom stereocenters. The van der Waals surface area contributed by atoms with E-state index < -0.39 is 11.4 Å². The van der Waals surface area contributed by atoms with Gasteiger partial charge in [0.15, 0.2) is 0 Å². The first-order chi connectivity index (χ1) is 10.2. The molecule has 0 spiro atoms. The van der Waals surface area contributed by atoms with Gasteiger partial charge in [-0.25, -0.2) is 0 Å². The predicted octanol–water partition coefficient (Wildman–Crippen LogP) is 2.21. The third kappa shape index (κ3) is 4.87. The minimum absolute atomic E-state index is 0.138. The Balaban J connectivity index is 2.60. The fourth-order valence-corrected chi connectivity index (χ4v) is 1.99. The summed E-state index contributed by atoms with van der Waals surface area (Å²) in [6.07, 6.45) is 0. The van der Waals surface area contributed by atoms with Gasteiger partial charge in [0.05, 0.1) is 22.1 Å². The summed E-state index contributed by atoms with van der Waals surface area (Å²) in [5.74, 6) is -0.519. The number of hydrogen-bond donors (Lipinski definition) is 3. The molecule has 0 saturated heterocycles. The number of hydrogen-bond acceptors (Lipinski definition) is 3. The van der Waals surface area contributed by atoms with E-state index in [0.717, 1.165) is 0 Å². The van der Waals surface area contributed by atoms with Crippen molar-refractivity contribution in [2.24, 2.45) is 11.7 Å². The van der Waals surface area contributed by atoms with Crippen LogP contribution >= 0.6 is 23.2 Å². The van der Waals surface area contributed by atoms with Gasteiger partial charge in [-0.1, -0.05) is 37.0 Å². The Kier molecular flexibility index (Phi) is 6.66. The van der Waals surface area contributed by atoms with Crippen LogP contribution in [-0.4, -0.2) is 30.4 Å². The first-order valence-corrected chi connectivity index (χ1v) is 7.69. The molecule has 0 radical (unpaired) electrons. The van der Waals surface area contributed by atoms with Gasteiger partial charge in [-0.05, 0) is 31.0 Å². The molecule has 7 heteroatoms. The topological polar surface area (TPSA) is 84.2 Å². The number of nitrogens with one attached hydrogen (secondary N) is 2. The largest absolute Gasteiger partial charge is 0.348 e. The molecule has 0 saturated carbocycles. The summed E-state index contributed by atoms with van der Waals surface area (Å²) in [4.78, 5) is 23.9. The van der Waals surface area contributed by atoms with Crippen LogP contribution in [0, 0.1) is 5.92 Å². The van der Waals surface area contributed by atoms with Crippen molar-refractivity contribution in [1.82, 2.24) is 10.6 Å². The van der Waals surface area contributed by atoms with Crippen LogP contribution in [0.2, 0.25) is 10.0 Å². The number of carbonyl (C=O) groups is 2. The number of benzene rings is 1. The lowest BCUT2D eigenvalue weighted by Crippen LogP contribution is -2.56. The highest BCUT2D eigenvalue weighted by molar-refractivity contribution is 6.42. The molecule has 0 aliphatic heterocycles. The maximum absolute atomic E-state index is 12.0. The molecule has 22 heavy (non-hydrogen) atoms. The number of halogens is 2. The summed E-state index contributed by atoms with van der Waals surface area (Å²) in [6, 6.07) is 4.53. The molecule has 1 aromatic carbocycles. The van der Waals surface area contributed by atoms with Crippen LogP contribution < -0.4 is 16.4 Å². The number of nitrogens with two attached hydrogens (primary N) is 1. The van der Waals surface area contributed by atoms with E-state index >= 15 is 0 Å². The fourth-order valence-electron chi connectivity index (χ4n) is 1.69. The summed E-state index contributed by atoms with van der Waals surface area (Å²) in [5, 5.41) is 6.04. The monoisotopic (exact) mass is 345 g/mol. The Hall–Kier alpha value is -1.30. The fraction of sp³-hybridized carbons (Fsp3) is 0.467. The summed E-state index contributed by atoms with van der Waals surface area (Å²) < 4.78 is 0. The van der Waals surface area contributed by atoms with Crippen molar-refractivity contribution < 1.29 is 9.59 Å². The van der Waals surface area contributed by atoms with Crippen molar-refractivity contribution >= 4 is 35.0 Å². The second-order valence-corrected chi connectivity index (χ2v) is 6.45. The number of rotatable bonds is 6. The minimum atomic E-state index is -0.509. The first kappa shape index (κ1) is 18.7. The second-order valence-electron chi connectivity index (χ2n) is 5.64. The Morgan fingerprint density at radius 3 is 2.41 bits per heavy atom. The van der Waals surface area contributed by atoms with Crippen molar-refractivity contribution in [2.45, 2.75) is 26.3 Å². The van der Waals surface area contributed by atoms with Gasteiger partial charge in [0.25, 0.3) is 5.91 Å². The van der Waals surface area contributed by atoms with Gasteiger partial charge in [-0.3, -0.25) is 9.59 Å². The van der Waals surface area contributed by atoms with E-state index in [1.807, 2.05) is 20.8 Å². The molecule has 0 aliphatic rings. The van der Waals surface area contributed by atoms with E-state index in [1.165, 1.54) is 12.1 Å². The molecular weight excluding hydrogens is 325 g/mol. The van der Waals surface area contributed by atoms with Gasteiger partial charge in [-0.2, -0.15) is 0 Å². The molecule has 0 fully saturated rings. The molecular formula is C15H21Cl2N3O2. The molecule has 1 unspecified atom stereocenters. The van der Waals surface area contributed by atoms with Crippen molar-refractivity contribution in [3.8, 4) is 0 Å². The maximum Gasteiger partial charge on any atom is 0.251 e. The predicted molar refractivity (Wildman–Crippen MR) is 89.2 cm³/mol. The van der Waals surface area contributed by atoms with Crippen molar-refractivity contribution in [3.63, 3.8) is 0 Å². The third-order valence-electron chi connectivity index (χ3n) is 3.71. The zero-order chi connectivity index (χ0) is 16.9. The van der Waals surface area contributed by atoms with E-state index in [4.69, 9.17) is 28.9 Å². The lowest BCUT2D eigenvalue weighted by atomic mass is 9.88. The number of amides is 2. The molecule has 0 heterocycles. The quantitative estimate of drug-likeness (QED) is 0.738. The van der Waals surface area contributed by atoms with E-state index in [2.05, 4.69) is 10.6 Å². The van der Waals surface area contributed by atoms with Gasteiger partial charge in [0, 0.05) is 12.1 Å². The van der Waals surface area contributed by atoms with E-state index in [9.17, 15) is 9.59 Å².